The van der Waals surface area contributed by atoms with Gasteiger partial charge in [-0.3, -0.25) is 4.90 Å². The van der Waals surface area contributed by atoms with Crippen molar-refractivity contribution < 1.29 is 4.74 Å². The highest BCUT2D eigenvalue weighted by Crippen LogP contribution is 2.44. The number of nitrogens with one attached hydrogen (secondary N) is 1. The van der Waals surface area contributed by atoms with Gasteiger partial charge in [0.1, 0.15) is 0 Å². The van der Waals surface area contributed by atoms with E-state index in [1.807, 2.05) is 0 Å². The fourth-order valence-corrected chi connectivity index (χ4v) is 3.26. The van der Waals surface area contributed by atoms with Gasteiger partial charge in [-0.1, -0.05) is 13.8 Å². The molecule has 1 aliphatic carbocycles. The molecule has 1 heterocycles. The van der Waals surface area contributed by atoms with Crippen molar-refractivity contribution >= 4 is 0 Å². The number of piperazine rings is 1. The average Bonchev–Trinajstić information content (AvgIpc) is 3.15. The highest BCUT2D eigenvalue weighted by atomic mass is 16.5. The fraction of sp³-hybridized carbons (Fsp3) is 1.00. The zero-order chi connectivity index (χ0) is 14.0. The third kappa shape index (κ3) is 3.71. The van der Waals surface area contributed by atoms with Crippen LogP contribution in [0.2, 0.25) is 0 Å². The summed E-state index contributed by atoms with van der Waals surface area (Å²) in [5.41, 5.74) is 0.353. The molecule has 0 radical (unpaired) electrons. The SMILES string of the molecule is CC(C)OCCN1CC(C(C)C)NCC1(C)C1CC1. The summed E-state index contributed by atoms with van der Waals surface area (Å²) in [5.74, 6) is 1.60. The van der Waals surface area contributed by atoms with E-state index in [0.29, 0.717) is 23.6 Å². The van der Waals surface area contributed by atoms with Crippen molar-refractivity contribution in [2.24, 2.45) is 11.8 Å². The van der Waals surface area contributed by atoms with Crippen molar-refractivity contribution in [3.05, 3.63) is 0 Å². The highest BCUT2D eigenvalue weighted by Gasteiger charge is 2.48. The Kier molecular flexibility index (Phi) is 4.91. The van der Waals surface area contributed by atoms with Gasteiger partial charge in [-0.25, -0.2) is 0 Å². The van der Waals surface area contributed by atoms with Gasteiger partial charge in [0.2, 0.25) is 0 Å². The van der Waals surface area contributed by atoms with Crippen LogP contribution in [0.25, 0.3) is 0 Å². The first kappa shape index (κ1) is 15.3. The Morgan fingerprint density at radius 2 is 1.95 bits per heavy atom. The van der Waals surface area contributed by atoms with E-state index in [9.17, 15) is 0 Å². The molecular formula is C16H32N2O. The van der Waals surface area contributed by atoms with Gasteiger partial charge in [-0.2, -0.15) is 0 Å². The number of hydrogen-bond donors (Lipinski definition) is 1. The highest BCUT2D eigenvalue weighted by molar-refractivity contribution is 5.05. The number of ether oxygens (including phenoxy) is 1. The summed E-state index contributed by atoms with van der Waals surface area (Å²) in [5, 5.41) is 3.78. The van der Waals surface area contributed by atoms with E-state index in [2.05, 4.69) is 44.8 Å². The molecule has 2 unspecified atom stereocenters. The van der Waals surface area contributed by atoms with E-state index < -0.39 is 0 Å². The maximum Gasteiger partial charge on any atom is 0.0597 e. The van der Waals surface area contributed by atoms with Crippen LogP contribution in [-0.4, -0.2) is 48.8 Å². The lowest BCUT2D eigenvalue weighted by Crippen LogP contribution is -2.65. The first-order chi connectivity index (χ1) is 8.93. The second kappa shape index (κ2) is 6.11. The maximum absolute atomic E-state index is 5.77. The number of rotatable bonds is 6. The van der Waals surface area contributed by atoms with E-state index in [-0.39, 0.29) is 0 Å². The topological polar surface area (TPSA) is 24.5 Å². The Labute approximate surface area is 119 Å². The Bertz CT molecular complexity index is 288. The van der Waals surface area contributed by atoms with Crippen LogP contribution in [0.4, 0.5) is 0 Å². The largest absolute Gasteiger partial charge is 0.377 e. The molecule has 19 heavy (non-hydrogen) atoms. The van der Waals surface area contributed by atoms with Crippen LogP contribution in [0, 0.1) is 11.8 Å². The Morgan fingerprint density at radius 1 is 1.26 bits per heavy atom. The molecule has 3 heteroatoms. The quantitative estimate of drug-likeness (QED) is 0.801. The van der Waals surface area contributed by atoms with E-state index >= 15 is 0 Å². The minimum absolute atomic E-state index is 0.344. The predicted molar refractivity (Wildman–Crippen MR) is 80.4 cm³/mol. The van der Waals surface area contributed by atoms with Gasteiger partial charge >= 0.3 is 0 Å². The van der Waals surface area contributed by atoms with E-state index in [1.54, 1.807) is 0 Å². The van der Waals surface area contributed by atoms with Crippen LogP contribution in [0.3, 0.4) is 0 Å². The second-order valence-corrected chi connectivity index (χ2v) is 7.23. The van der Waals surface area contributed by atoms with Gasteiger partial charge in [0.05, 0.1) is 12.7 Å². The maximum atomic E-state index is 5.77. The van der Waals surface area contributed by atoms with Crippen molar-refractivity contribution in [2.45, 2.75) is 65.1 Å². The van der Waals surface area contributed by atoms with Gasteiger partial charge in [0.15, 0.2) is 0 Å². The molecule has 1 N–H and O–H groups in total. The van der Waals surface area contributed by atoms with Crippen LogP contribution < -0.4 is 5.32 Å². The molecule has 2 aliphatic rings. The van der Waals surface area contributed by atoms with Crippen molar-refractivity contribution in [3.63, 3.8) is 0 Å². The molecule has 3 nitrogen and oxygen atoms in total. The van der Waals surface area contributed by atoms with Crippen molar-refractivity contribution in [1.82, 2.24) is 10.2 Å². The first-order valence-corrected chi connectivity index (χ1v) is 8.03. The Morgan fingerprint density at radius 3 is 2.47 bits per heavy atom. The van der Waals surface area contributed by atoms with Crippen LogP contribution in [-0.2, 0) is 4.74 Å². The molecule has 1 saturated heterocycles. The summed E-state index contributed by atoms with van der Waals surface area (Å²) in [4.78, 5) is 2.70. The van der Waals surface area contributed by atoms with E-state index in [4.69, 9.17) is 4.74 Å². The summed E-state index contributed by atoms with van der Waals surface area (Å²) in [6, 6.07) is 0.630. The van der Waals surface area contributed by atoms with Crippen LogP contribution in [0.1, 0.15) is 47.5 Å². The summed E-state index contributed by atoms with van der Waals surface area (Å²) in [6.07, 6.45) is 3.16. The second-order valence-electron chi connectivity index (χ2n) is 7.23. The lowest BCUT2D eigenvalue weighted by molar-refractivity contribution is -0.0109. The molecule has 1 saturated carbocycles. The van der Waals surface area contributed by atoms with Gasteiger partial charge in [-0.15, -0.1) is 0 Å². The molecule has 0 spiro atoms. The molecule has 0 aromatic rings. The Balaban J connectivity index is 1.94. The average molecular weight is 268 g/mol. The zero-order valence-electron chi connectivity index (χ0n) is 13.4. The van der Waals surface area contributed by atoms with Crippen molar-refractivity contribution in [1.29, 1.82) is 0 Å². The van der Waals surface area contributed by atoms with Gasteiger partial charge < -0.3 is 10.1 Å². The monoisotopic (exact) mass is 268 g/mol. The molecule has 112 valence electrons. The lowest BCUT2D eigenvalue weighted by Gasteiger charge is -2.49. The summed E-state index contributed by atoms with van der Waals surface area (Å²) < 4.78 is 5.77. The number of hydrogen-bond acceptors (Lipinski definition) is 3. The molecule has 0 amide bonds. The molecule has 1 aliphatic heterocycles. The first-order valence-electron chi connectivity index (χ1n) is 8.03. The summed E-state index contributed by atoms with van der Waals surface area (Å²) in [6.45, 7) is 15.6. The minimum Gasteiger partial charge on any atom is -0.377 e. The van der Waals surface area contributed by atoms with Crippen LogP contribution in [0.5, 0.6) is 0 Å². The van der Waals surface area contributed by atoms with Crippen LogP contribution in [0.15, 0.2) is 0 Å². The molecule has 0 aromatic heterocycles. The third-order valence-corrected chi connectivity index (χ3v) is 4.94. The Hall–Kier alpha value is -0.120. The normalized spacial score (nSPS) is 33.3. The summed E-state index contributed by atoms with van der Waals surface area (Å²) >= 11 is 0. The fourth-order valence-electron chi connectivity index (χ4n) is 3.26. The summed E-state index contributed by atoms with van der Waals surface area (Å²) in [7, 11) is 0. The lowest BCUT2D eigenvalue weighted by atomic mass is 9.87. The molecule has 2 rings (SSSR count). The predicted octanol–water partition coefficient (Wildman–Crippen LogP) is 2.51. The van der Waals surface area contributed by atoms with Gasteiger partial charge in [0, 0.05) is 31.2 Å². The molecule has 0 bridgehead atoms. The standard InChI is InChI=1S/C16H32N2O/c1-12(2)15-10-18(8-9-19-13(3)4)16(5,11-17-15)14-6-7-14/h12-15,17H,6-11H2,1-5H3. The van der Waals surface area contributed by atoms with E-state index in [1.165, 1.54) is 19.4 Å². The molecular weight excluding hydrogens is 236 g/mol. The van der Waals surface area contributed by atoms with Crippen LogP contribution >= 0.6 is 0 Å². The van der Waals surface area contributed by atoms with Gasteiger partial charge in [-0.05, 0) is 45.4 Å². The van der Waals surface area contributed by atoms with Gasteiger partial charge in [0.25, 0.3) is 0 Å². The zero-order valence-corrected chi connectivity index (χ0v) is 13.4. The van der Waals surface area contributed by atoms with Crippen molar-refractivity contribution in [2.75, 3.05) is 26.2 Å². The minimum atomic E-state index is 0.344. The molecule has 2 fully saturated rings. The smallest absolute Gasteiger partial charge is 0.0597 e. The third-order valence-electron chi connectivity index (χ3n) is 4.94. The van der Waals surface area contributed by atoms with Crippen molar-refractivity contribution in [3.8, 4) is 0 Å². The number of nitrogens with zero attached hydrogens (tertiary/aromatic N) is 1. The van der Waals surface area contributed by atoms with E-state index in [0.717, 1.165) is 25.6 Å². The molecule has 0 aromatic carbocycles. The molecule has 2 atom stereocenters.